The number of methoxy groups -OCH3 is 1. The van der Waals surface area contributed by atoms with Crippen LogP contribution >= 0.6 is 22.6 Å². The van der Waals surface area contributed by atoms with E-state index < -0.39 is 28.0 Å². The molecule has 30 heavy (non-hydrogen) atoms. The zero-order chi connectivity index (χ0) is 22.1. The van der Waals surface area contributed by atoms with Crippen LogP contribution in [0.1, 0.15) is 11.1 Å². The summed E-state index contributed by atoms with van der Waals surface area (Å²) in [5, 5.41) is 3.95. The first-order valence-electron chi connectivity index (χ1n) is 8.38. The number of benzene rings is 2. The third-order valence-corrected chi connectivity index (χ3v) is 6.05. The quantitative estimate of drug-likeness (QED) is 0.257. The zero-order valence-corrected chi connectivity index (χ0v) is 18.7. The van der Waals surface area contributed by atoms with Crippen molar-refractivity contribution in [2.75, 3.05) is 7.11 Å². The van der Waals surface area contributed by atoms with E-state index in [-0.39, 0.29) is 22.0 Å². The number of carbonyl (C=O) groups is 3. The Hall–Kier alpha value is -2.93. The molecule has 1 aliphatic heterocycles. The molecule has 156 valence electrons. The summed E-state index contributed by atoms with van der Waals surface area (Å²) in [6, 6.07) is 8.19. The van der Waals surface area contributed by atoms with Crippen LogP contribution in [-0.4, -0.2) is 33.4 Å². The monoisotopic (exact) mass is 542 g/mol. The number of barbiturate groups is 1. The van der Waals surface area contributed by atoms with Gasteiger partial charge in [0, 0.05) is 0 Å². The van der Waals surface area contributed by atoms with Crippen molar-refractivity contribution < 1.29 is 31.7 Å². The fourth-order valence-electron chi connectivity index (χ4n) is 2.54. The van der Waals surface area contributed by atoms with Crippen LogP contribution in [0.3, 0.4) is 0 Å². The summed E-state index contributed by atoms with van der Waals surface area (Å²) in [5.41, 5.74) is 0.982. The van der Waals surface area contributed by atoms with Crippen molar-refractivity contribution in [3.63, 3.8) is 0 Å². The first-order chi connectivity index (χ1) is 14.1. The topological polar surface area (TPSA) is 128 Å². The van der Waals surface area contributed by atoms with Crippen molar-refractivity contribution in [2.45, 2.75) is 11.8 Å². The van der Waals surface area contributed by atoms with Gasteiger partial charge in [-0.25, -0.2) is 4.79 Å². The van der Waals surface area contributed by atoms with Crippen LogP contribution in [0.15, 0.2) is 46.9 Å². The number of amides is 4. The molecule has 9 nitrogen and oxygen atoms in total. The van der Waals surface area contributed by atoms with Crippen LogP contribution in [0, 0.1) is 10.5 Å². The van der Waals surface area contributed by atoms with Crippen molar-refractivity contribution in [3.8, 4) is 11.5 Å². The van der Waals surface area contributed by atoms with Crippen molar-refractivity contribution in [1.29, 1.82) is 0 Å². The molecule has 0 atom stereocenters. The van der Waals surface area contributed by atoms with Gasteiger partial charge in [0.1, 0.15) is 10.5 Å². The van der Waals surface area contributed by atoms with E-state index in [0.717, 1.165) is 5.56 Å². The van der Waals surface area contributed by atoms with E-state index in [1.54, 1.807) is 12.1 Å². The number of halogens is 1. The SMILES string of the molecule is COc1cc(C=C2C(=O)NC(=O)NC2=O)cc(I)c1OS(=O)(=O)c1ccc(C)cc1. The molecule has 0 aliphatic carbocycles. The van der Waals surface area contributed by atoms with Crippen LogP contribution < -0.4 is 19.6 Å². The Morgan fingerprint density at radius 3 is 2.17 bits per heavy atom. The lowest BCUT2D eigenvalue weighted by atomic mass is 10.1. The standard InChI is InChI=1S/C19H15IN2O7S/c1-10-3-5-12(6-4-10)30(26,27)29-16-14(20)8-11(9-15(16)28-2)7-13-17(23)21-19(25)22-18(13)24/h3-9H,1-2H3,(H2,21,22,23,24,25). The summed E-state index contributed by atoms with van der Waals surface area (Å²) in [5.74, 6) is -1.65. The minimum absolute atomic E-state index is 0.0163. The Morgan fingerprint density at radius 2 is 1.60 bits per heavy atom. The average molecular weight is 542 g/mol. The summed E-state index contributed by atoms with van der Waals surface area (Å²) in [7, 11) is -2.79. The molecule has 0 bridgehead atoms. The van der Waals surface area contributed by atoms with Gasteiger partial charge in [-0.05, 0) is 65.4 Å². The van der Waals surface area contributed by atoms with Crippen molar-refractivity contribution in [2.24, 2.45) is 0 Å². The average Bonchev–Trinajstić information content (AvgIpc) is 2.66. The second-order valence-corrected chi connectivity index (χ2v) is 8.89. The molecule has 0 saturated carbocycles. The highest BCUT2D eigenvalue weighted by atomic mass is 127. The summed E-state index contributed by atoms with van der Waals surface area (Å²) < 4.78 is 36.2. The molecule has 0 radical (unpaired) electrons. The Kier molecular flexibility index (Phi) is 6.12. The lowest BCUT2D eigenvalue weighted by Crippen LogP contribution is -2.51. The van der Waals surface area contributed by atoms with E-state index in [2.05, 4.69) is 0 Å². The van der Waals surface area contributed by atoms with Gasteiger partial charge < -0.3 is 8.92 Å². The van der Waals surface area contributed by atoms with E-state index in [0.29, 0.717) is 9.13 Å². The molecule has 2 aromatic rings. The third-order valence-electron chi connectivity index (χ3n) is 4.01. The van der Waals surface area contributed by atoms with E-state index in [1.807, 2.05) is 40.1 Å². The summed E-state index contributed by atoms with van der Waals surface area (Å²) >= 11 is 1.85. The Labute approximate surface area is 185 Å². The van der Waals surface area contributed by atoms with Gasteiger partial charge in [-0.3, -0.25) is 20.2 Å². The smallest absolute Gasteiger partial charge is 0.339 e. The number of hydrogen-bond donors (Lipinski definition) is 2. The molecule has 1 heterocycles. The first-order valence-corrected chi connectivity index (χ1v) is 10.9. The van der Waals surface area contributed by atoms with E-state index >= 15 is 0 Å². The molecule has 1 saturated heterocycles. The molecule has 3 rings (SSSR count). The molecule has 4 amide bonds. The van der Waals surface area contributed by atoms with Crippen LogP contribution in [0.2, 0.25) is 0 Å². The lowest BCUT2D eigenvalue weighted by Gasteiger charge is -2.15. The fourth-order valence-corrected chi connectivity index (χ4v) is 4.38. The van der Waals surface area contributed by atoms with Gasteiger partial charge in [0.25, 0.3) is 11.8 Å². The highest BCUT2D eigenvalue weighted by molar-refractivity contribution is 14.1. The number of aryl methyl sites for hydroxylation is 1. The number of nitrogens with one attached hydrogen (secondary N) is 2. The predicted octanol–water partition coefficient (Wildman–Crippen LogP) is 2.13. The van der Waals surface area contributed by atoms with Gasteiger partial charge >= 0.3 is 16.1 Å². The second kappa shape index (κ2) is 8.44. The second-order valence-electron chi connectivity index (χ2n) is 6.18. The number of ether oxygens (including phenoxy) is 1. The maximum Gasteiger partial charge on any atom is 0.339 e. The first kappa shape index (κ1) is 21.8. The molecule has 2 aromatic carbocycles. The van der Waals surface area contributed by atoms with Gasteiger partial charge in [0.05, 0.1) is 10.7 Å². The van der Waals surface area contributed by atoms with Crippen LogP contribution in [0.4, 0.5) is 4.79 Å². The Morgan fingerprint density at radius 1 is 1.00 bits per heavy atom. The van der Waals surface area contributed by atoms with Crippen molar-refractivity contribution in [3.05, 3.63) is 56.7 Å². The lowest BCUT2D eigenvalue weighted by molar-refractivity contribution is -0.123. The van der Waals surface area contributed by atoms with Crippen molar-refractivity contribution in [1.82, 2.24) is 10.6 Å². The number of hydrogen-bond acceptors (Lipinski definition) is 7. The molecule has 0 spiro atoms. The minimum Gasteiger partial charge on any atom is -0.493 e. The maximum absolute atomic E-state index is 12.6. The predicted molar refractivity (Wildman–Crippen MR) is 114 cm³/mol. The molecule has 1 fully saturated rings. The van der Waals surface area contributed by atoms with E-state index in [9.17, 15) is 22.8 Å². The molecular weight excluding hydrogens is 527 g/mol. The van der Waals surface area contributed by atoms with E-state index in [4.69, 9.17) is 8.92 Å². The number of rotatable bonds is 5. The molecular formula is C19H15IN2O7S. The normalized spacial score (nSPS) is 14.1. The van der Waals surface area contributed by atoms with Crippen LogP contribution in [-0.2, 0) is 19.7 Å². The fraction of sp³-hybridized carbons (Fsp3) is 0.105. The molecule has 11 heteroatoms. The largest absolute Gasteiger partial charge is 0.493 e. The van der Waals surface area contributed by atoms with Crippen molar-refractivity contribution >= 4 is 56.6 Å². The zero-order valence-electron chi connectivity index (χ0n) is 15.7. The van der Waals surface area contributed by atoms with Gasteiger partial charge in [0.15, 0.2) is 11.5 Å². The minimum atomic E-state index is -4.11. The highest BCUT2D eigenvalue weighted by Gasteiger charge is 2.28. The summed E-state index contributed by atoms with van der Waals surface area (Å²) in [6.07, 6.45) is 1.25. The van der Waals surface area contributed by atoms with Gasteiger partial charge in [-0.2, -0.15) is 8.42 Å². The van der Waals surface area contributed by atoms with Gasteiger partial charge in [0.2, 0.25) is 0 Å². The third kappa shape index (κ3) is 4.62. The number of imide groups is 2. The Balaban J connectivity index is 1.98. The van der Waals surface area contributed by atoms with E-state index in [1.165, 1.54) is 37.5 Å². The highest BCUT2D eigenvalue weighted by Crippen LogP contribution is 2.36. The number of urea groups is 1. The molecule has 0 aromatic heterocycles. The summed E-state index contributed by atoms with van der Waals surface area (Å²) in [6.45, 7) is 1.83. The number of carbonyl (C=O) groups excluding carboxylic acids is 3. The van der Waals surface area contributed by atoms with Crippen LogP contribution in [0.25, 0.3) is 6.08 Å². The summed E-state index contributed by atoms with van der Waals surface area (Å²) in [4.78, 5) is 34.9. The molecule has 0 unspecified atom stereocenters. The van der Waals surface area contributed by atoms with Gasteiger partial charge in [-0.15, -0.1) is 0 Å². The molecule has 2 N–H and O–H groups in total. The molecule has 1 aliphatic rings. The Bertz CT molecular complexity index is 1170. The maximum atomic E-state index is 12.6. The van der Waals surface area contributed by atoms with Gasteiger partial charge in [-0.1, -0.05) is 17.7 Å². The van der Waals surface area contributed by atoms with Crippen LogP contribution in [0.5, 0.6) is 11.5 Å².